The van der Waals surface area contributed by atoms with E-state index in [0.717, 1.165) is 0 Å². The minimum absolute atomic E-state index is 0.0343. The molecule has 9 heteroatoms. The maximum absolute atomic E-state index is 12.5. The highest BCUT2D eigenvalue weighted by molar-refractivity contribution is 7.92. The van der Waals surface area contributed by atoms with Crippen LogP contribution in [0, 0.1) is 0 Å². The lowest BCUT2D eigenvalue weighted by molar-refractivity contribution is 0.596. The smallest absolute Gasteiger partial charge is 0.284 e. The van der Waals surface area contributed by atoms with E-state index in [0.29, 0.717) is 5.65 Å². The number of aromatic amines is 1. The van der Waals surface area contributed by atoms with Crippen LogP contribution in [0.2, 0.25) is 0 Å². The van der Waals surface area contributed by atoms with Gasteiger partial charge in [-0.2, -0.15) is 8.42 Å². The van der Waals surface area contributed by atoms with Crippen molar-refractivity contribution in [2.75, 3.05) is 17.1 Å². The molecule has 104 valence electrons. The zero-order valence-electron chi connectivity index (χ0n) is 10.5. The van der Waals surface area contributed by atoms with E-state index < -0.39 is 10.0 Å². The Morgan fingerprint density at radius 2 is 2.20 bits per heavy atom. The highest BCUT2D eigenvalue weighted by Crippen LogP contribution is 2.23. The Balaban J connectivity index is 2.17. The number of fused-ring (bicyclic) bond motifs is 1. The van der Waals surface area contributed by atoms with Gasteiger partial charge in [-0.15, -0.1) is 0 Å². The highest BCUT2D eigenvalue weighted by atomic mass is 32.2. The second kappa shape index (κ2) is 4.53. The van der Waals surface area contributed by atoms with Crippen LogP contribution in [0.5, 0.6) is 0 Å². The summed E-state index contributed by atoms with van der Waals surface area (Å²) in [4.78, 5) is 10.8. The van der Waals surface area contributed by atoms with Gasteiger partial charge in [0, 0.05) is 25.6 Å². The first-order valence-electron chi connectivity index (χ1n) is 5.79. The standard InChI is InChI=1S/C11H12N6O2S/c1-12-9-10(17-7-3-2-4-8(17)15-9)20(18,19)16-11-13-5-6-14-11/h2-7,12H,1H3,(H2,13,14,16). The Bertz CT molecular complexity index is 837. The average Bonchev–Trinajstić information content (AvgIpc) is 3.04. The highest BCUT2D eigenvalue weighted by Gasteiger charge is 2.25. The van der Waals surface area contributed by atoms with Crippen LogP contribution < -0.4 is 10.0 Å². The molecule has 0 aromatic carbocycles. The Morgan fingerprint density at radius 3 is 2.90 bits per heavy atom. The third-order valence-corrected chi connectivity index (χ3v) is 4.07. The molecular weight excluding hydrogens is 280 g/mol. The molecule has 0 amide bonds. The number of anilines is 2. The van der Waals surface area contributed by atoms with E-state index in [1.807, 2.05) is 0 Å². The predicted octanol–water partition coefficient (Wildman–Crippen LogP) is 0.900. The number of imidazole rings is 2. The van der Waals surface area contributed by atoms with Crippen LogP contribution in [0.15, 0.2) is 41.8 Å². The summed E-state index contributed by atoms with van der Waals surface area (Å²) in [5.41, 5.74) is 0.539. The summed E-state index contributed by atoms with van der Waals surface area (Å²) in [6, 6.07) is 5.25. The molecule has 3 aromatic rings. The van der Waals surface area contributed by atoms with Crippen molar-refractivity contribution in [1.82, 2.24) is 19.4 Å². The van der Waals surface area contributed by atoms with Gasteiger partial charge < -0.3 is 10.3 Å². The Hall–Kier alpha value is -2.55. The summed E-state index contributed by atoms with van der Waals surface area (Å²) in [5, 5.41) is 2.82. The van der Waals surface area contributed by atoms with Crippen LogP contribution in [-0.2, 0) is 10.0 Å². The lowest BCUT2D eigenvalue weighted by Crippen LogP contribution is -2.17. The monoisotopic (exact) mass is 292 g/mol. The minimum atomic E-state index is -3.82. The van der Waals surface area contributed by atoms with E-state index in [1.165, 1.54) is 16.8 Å². The topological polar surface area (TPSA) is 104 Å². The molecule has 0 saturated heterocycles. The fraction of sp³-hybridized carbons (Fsp3) is 0.0909. The van der Waals surface area contributed by atoms with Crippen molar-refractivity contribution >= 4 is 27.4 Å². The number of aromatic nitrogens is 4. The molecule has 3 N–H and O–H groups in total. The number of nitrogens with zero attached hydrogens (tertiary/aromatic N) is 3. The van der Waals surface area contributed by atoms with E-state index >= 15 is 0 Å². The fourth-order valence-corrected chi connectivity index (χ4v) is 3.17. The number of H-pyrrole nitrogens is 1. The zero-order valence-corrected chi connectivity index (χ0v) is 11.3. The summed E-state index contributed by atoms with van der Waals surface area (Å²) >= 11 is 0. The van der Waals surface area contributed by atoms with Gasteiger partial charge in [-0.25, -0.2) is 14.7 Å². The molecule has 20 heavy (non-hydrogen) atoms. The molecule has 0 unspecified atom stereocenters. The molecule has 0 bridgehead atoms. The van der Waals surface area contributed by atoms with Gasteiger partial charge in [-0.3, -0.25) is 4.40 Å². The summed E-state index contributed by atoms with van der Waals surface area (Å²) in [6.07, 6.45) is 4.64. The molecule has 0 atom stereocenters. The third-order valence-electron chi connectivity index (χ3n) is 2.71. The molecule has 0 spiro atoms. The second-order valence-corrected chi connectivity index (χ2v) is 5.59. The van der Waals surface area contributed by atoms with Crippen LogP contribution in [0.1, 0.15) is 0 Å². The molecule has 3 heterocycles. The van der Waals surface area contributed by atoms with Gasteiger partial charge in [-0.05, 0) is 12.1 Å². The van der Waals surface area contributed by atoms with Gasteiger partial charge in [0.25, 0.3) is 10.0 Å². The minimum Gasteiger partial charge on any atom is -0.371 e. The molecule has 0 fully saturated rings. The number of hydrogen-bond acceptors (Lipinski definition) is 5. The maximum Gasteiger partial charge on any atom is 0.284 e. The molecule has 0 aliphatic rings. The van der Waals surface area contributed by atoms with Crippen LogP contribution in [0.3, 0.4) is 0 Å². The third kappa shape index (κ3) is 1.97. The number of sulfonamides is 1. The molecule has 0 aliphatic heterocycles. The Morgan fingerprint density at radius 1 is 1.35 bits per heavy atom. The van der Waals surface area contributed by atoms with E-state index in [2.05, 4.69) is 25.0 Å². The van der Waals surface area contributed by atoms with E-state index in [9.17, 15) is 8.42 Å². The fourth-order valence-electron chi connectivity index (χ4n) is 1.89. The van der Waals surface area contributed by atoms with Crippen LogP contribution in [-0.4, -0.2) is 34.8 Å². The van der Waals surface area contributed by atoms with Gasteiger partial charge in [0.15, 0.2) is 5.82 Å². The Labute approximate surface area is 114 Å². The van der Waals surface area contributed by atoms with Crippen molar-refractivity contribution in [2.24, 2.45) is 0 Å². The van der Waals surface area contributed by atoms with Gasteiger partial charge >= 0.3 is 0 Å². The van der Waals surface area contributed by atoms with Crippen molar-refractivity contribution in [2.45, 2.75) is 5.03 Å². The summed E-state index contributed by atoms with van der Waals surface area (Å²) < 4.78 is 28.8. The molecule has 8 nitrogen and oxygen atoms in total. The van der Waals surface area contributed by atoms with Gasteiger partial charge in [-0.1, -0.05) is 6.07 Å². The predicted molar refractivity (Wildman–Crippen MR) is 74.1 cm³/mol. The van der Waals surface area contributed by atoms with Crippen molar-refractivity contribution in [1.29, 1.82) is 0 Å². The normalized spacial score (nSPS) is 11.7. The van der Waals surface area contributed by atoms with Crippen molar-refractivity contribution < 1.29 is 8.42 Å². The number of rotatable bonds is 4. The van der Waals surface area contributed by atoms with Crippen LogP contribution >= 0.6 is 0 Å². The molecular formula is C11H12N6O2S. The van der Waals surface area contributed by atoms with Crippen LogP contribution in [0.4, 0.5) is 11.8 Å². The second-order valence-electron chi connectivity index (χ2n) is 3.99. The largest absolute Gasteiger partial charge is 0.371 e. The first-order chi connectivity index (χ1) is 9.62. The summed E-state index contributed by atoms with van der Waals surface area (Å²) in [5.74, 6) is 0.424. The number of hydrogen-bond donors (Lipinski definition) is 3. The molecule has 3 aromatic heterocycles. The number of nitrogens with one attached hydrogen (secondary N) is 3. The lowest BCUT2D eigenvalue weighted by Gasteiger charge is -2.07. The average molecular weight is 292 g/mol. The summed E-state index contributed by atoms with van der Waals surface area (Å²) in [7, 11) is -2.20. The first-order valence-corrected chi connectivity index (χ1v) is 7.27. The zero-order chi connectivity index (χ0) is 14.2. The SMILES string of the molecule is CNc1nc2ccccn2c1S(=O)(=O)Nc1ncc[nH]1. The van der Waals surface area contributed by atoms with Gasteiger partial charge in [0.05, 0.1) is 0 Å². The molecule has 0 saturated carbocycles. The molecule has 0 radical (unpaired) electrons. The van der Waals surface area contributed by atoms with Gasteiger partial charge in [0.2, 0.25) is 11.0 Å². The van der Waals surface area contributed by atoms with Gasteiger partial charge in [0.1, 0.15) is 5.65 Å². The van der Waals surface area contributed by atoms with E-state index in [1.54, 1.807) is 31.4 Å². The number of pyridine rings is 1. The van der Waals surface area contributed by atoms with Crippen molar-refractivity contribution in [3.63, 3.8) is 0 Å². The van der Waals surface area contributed by atoms with Crippen LogP contribution in [0.25, 0.3) is 5.65 Å². The quantitative estimate of drug-likeness (QED) is 0.662. The van der Waals surface area contributed by atoms with Crippen molar-refractivity contribution in [3.05, 3.63) is 36.8 Å². The lowest BCUT2D eigenvalue weighted by atomic mass is 10.5. The van der Waals surface area contributed by atoms with E-state index in [-0.39, 0.29) is 16.8 Å². The molecule has 3 rings (SSSR count). The Kier molecular flexibility index (Phi) is 2.83. The van der Waals surface area contributed by atoms with E-state index in [4.69, 9.17) is 0 Å². The summed E-state index contributed by atoms with van der Waals surface area (Å²) in [6.45, 7) is 0. The van der Waals surface area contributed by atoms with Crippen molar-refractivity contribution in [3.8, 4) is 0 Å². The molecule has 0 aliphatic carbocycles. The maximum atomic E-state index is 12.5. The first kappa shape index (κ1) is 12.5.